The van der Waals surface area contributed by atoms with Crippen molar-refractivity contribution in [2.24, 2.45) is 0 Å². The Kier molecular flexibility index (Phi) is 7.77. The molecule has 2 atom stereocenters. The molecule has 0 aliphatic heterocycles. The molecule has 3 aromatic carbocycles. The Morgan fingerprint density at radius 1 is 0.657 bits per heavy atom. The van der Waals surface area contributed by atoms with Gasteiger partial charge in [0.15, 0.2) is 11.5 Å². The second kappa shape index (κ2) is 10.9. The molecule has 10 heteroatoms. The van der Waals surface area contributed by atoms with Crippen molar-refractivity contribution in [2.75, 3.05) is 0 Å². The van der Waals surface area contributed by atoms with Gasteiger partial charge >= 0.3 is 5.97 Å². The topological polar surface area (TPSA) is 176 Å². The van der Waals surface area contributed by atoms with E-state index < -0.39 is 41.4 Å². The summed E-state index contributed by atoms with van der Waals surface area (Å²) in [5, 5.41) is 52.6. The van der Waals surface area contributed by atoms with Crippen LogP contribution < -0.4 is 10.6 Å². The van der Waals surface area contributed by atoms with E-state index in [9.17, 15) is 39.9 Å². The van der Waals surface area contributed by atoms with Crippen LogP contribution in [0.2, 0.25) is 0 Å². The van der Waals surface area contributed by atoms with Crippen molar-refractivity contribution in [3.8, 4) is 23.0 Å². The summed E-state index contributed by atoms with van der Waals surface area (Å²) in [7, 11) is 0. The molecular weight excluding hydrogens is 456 g/mol. The lowest BCUT2D eigenvalue weighted by molar-refractivity contribution is -0.142. The monoisotopic (exact) mass is 480 g/mol. The summed E-state index contributed by atoms with van der Waals surface area (Å²) in [6.07, 6.45) is -0.0828. The predicted octanol–water partition coefficient (Wildman–Crippen LogP) is 1.66. The Balaban J connectivity index is 1.81. The fourth-order valence-electron chi connectivity index (χ4n) is 3.32. The molecule has 0 unspecified atom stereocenters. The molecule has 10 nitrogen and oxygen atoms in total. The molecule has 3 aromatic rings. The van der Waals surface area contributed by atoms with Gasteiger partial charge in [0.2, 0.25) is 5.91 Å². The predicted molar refractivity (Wildman–Crippen MR) is 124 cm³/mol. The van der Waals surface area contributed by atoms with Crippen molar-refractivity contribution in [1.82, 2.24) is 10.6 Å². The number of amides is 2. The minimum absolute atomic E-state index is 0.0122. The van der Waals surface area contributed by atoms with Gasteiger partial charge in [0.25, 0.3) is 5.91 Å². The Morgan fingerprint density at radius 3 is 1.66 bits per heavy atom. The van der Waals surface area contributed by atoms with Gasteiger partial charge in [0.1, 0.15) is 23.6 Å². The van der Waals surface area contributed by atoms with Crippen LogP contribution in [0.25, 0.3) is 0 Å². The van der Waals surface area contributed by atoms with E-state index in [1.807, 2.05) is 0 Å². The van der Waals surface area contributed by atoms with Crippen LogP contribution in [0, 0.1) is 0 Å². The van der Waals surface area contributed by atoms with E-state index in [0.29, 0.717) is 11.1 Å². The molecule has 0 aliphatic carbocycles. The number of aliphatic carboxylic acids is 1. The van der Waals surface area contributed by atoms with Crippen molar-refractivity contribution in [1.29, 1.82) is 0 Å². The van der Waals surface area contributed by atoms with Crippen molar-refractivity contribution < 1.29 is 39.9 Å². The third-order valence-corrected chi connectivity index (χ3v) is 5.23. The van der Waals surface area contributed by atoms with Crippen molar-refractivity contribution in [2.45, 2.75) is 24.9 Å². The van der Waals surface area contributed by atoms with Crippen LogP contribution in [0.1, 0.15) is 21.5 Å². The maximum Gasteiger partial charge on any atom is 0.326 e. The molecule has 0 fully saturated rings. The van der Waals surface area contributed by atoms with E-state index in [1.165, 1.54) is 42.5 Å². The van der Waals surface area contributed by atoms with Crippen LogP contribution >= 0.6 is 0 Å². The van der Waals surface area contributed by atoms with Gasteiger partial charge in [-0.25, -0.2) is 4.79 Å². The second-order valence-electron chi connectivity index (χ2n) is 7.87. The molecule has 0 aromatic heterocycles. The minimum Gasteiger partial charge on any atom is -0.508 e. The van der Waals surface area contributed by atoms with Gasteiger partial charge in [-0.2, -0.15) is 0 Å². The first-order chi connectivity index (χ1) is 16.6. The first kappa shape index (κ1) is 24.9. The Bertz CT molecular complexity index is 1210. The fraction of sp³-hybridized carbons (Fsp3) is 0.160. The quantitative estimate of drug-likeness (QED) is 0.226. The number of phenolic OH excluding ortho intramolecular Hbond substituents is 4. The van der Waals surface area contributed by atoms with Crippen molar-refractivity contribution >= 4 is 17.8 Å². The number of hydrogen-bond acceptors (Lipinski definition) is 7. The zero-order valence-electron chi connectivity index (χ0n) is 18.4. The van der Waals surface area contributed by atoms with Gasteiger partial charge in [-0.15, -0.1) is 0 Å². The first-order valence-corrected chi connectivity index (χ1v) is 10.5. The van der Waals surface area contributed by atoms with E-state index in [2.05, 4.69) is 10.6 Å². The van der Waals surface area contributed by atoms with Crippen LogP contribution in [0.5, 0.6) is 23.0 Å². The SMILES string of the molecule is O=C(N[C@@H](Cc1ccc(O)cc1)C(=O)N[C@@H](Cc1ccc(O)cc1)C(=O)O)c1ccc(O)c(O)c1. The summed E-state index contributed by atoms with van der Waals surface area (Å²) in [6, 6.07) is 12.7. The number of rotatable bonds is 9. The molecule has 0 spiro atoms. The summed E-state index contributed by atoms with van der Waals surface area (Å²) in [4.78, 5) is 37.6. The normalized spacial score (nSPS) is 12.3. The molecule has 0 bridgehead atoms. The maximum absolute atomic E-state index is 13.1. The summed E-state index contributed by atoms with van der Waals surface area (Å²) >= 11 is 0. The Morgan fingerprint density at radius 2 is 1.17 bits per heavy atom. The van der Waals surface area contributed by atoms with Crippen LogP contribution in [-0.4, -0.2) is 55.4 Å². The molecule has 3 rings (SSSR count). The van der Waals surface area contributed by atoms with Crippen molar-refractivity contribution in [3.05, 3.63) is 83.4 Å². The summed E-state index contributed by atoms with van der Waals surface area (Å²) in [6.45, 7) is 0. The molecule has 0 saturated carbocycles. The lowest BCUT2D eigenvalue weighted by Crippen LogP contribution is -2.53. The van der Waals surface area contributed by atoms with Crippen LogP contribution in [0.4, 0.5) is 0 Å². The molecular formula is C25H24N2O8. The molecule has 0 saturated heterocycles. The highest BCUT2D eigenvalue weighted by molar-refractivity contribution is 5.98. The van der Waals surface area contributed by atoms with Crippen molar-refractivity contribution in [3.63, 3.8) is 0 Å². The van der Waals surface area contributed by atoms with Crippen LogP contribution in [-0.2, 0) is 22.4 Å². The lowest BCUT2D eigenvalue weighted by Gasteiger charge is -2.22. The Hall–Kier alpha value is -4.73. The van der Waals surface area contributed by atoms with Gasteiger partial charge in [-0.05, 0) is 53.6 Å². The second-order valence-corrected chi connectivity index (χ2v) is 7.87. The first-order valence-electron chi connectivity index (χ1n) is 10.5. The zero-order valence-corrected chi connectivity index (χ0v) is 18.4. The standard InChI is InChI=1S/C25H24N2O8/c28-17-6-1-14(2-7-17)11-19(26-23(32)16-5-10-21(30)22(31)13-16)24(33)27-20(25(34)35)12-15-3-8-18(29)9-4-15/h1-10,13,19-20,28-31H,11-12H2,(H,26,32)(H,27,33)(H,34,35)/t19-,20-/m0/s1. The third-order valence-electron chi connectivity index (χ3n) is 5.23. The van der Waals surface area contributed by atoms with E-state index in [0.717, 1.165) is 12.1 Å². The smallest absolute Gasteiger partial charge is 0.326 e. The van der Waals surface area contributed by atoms with Gasteiger partial charge in [-0.3, -0.25) is 9.59 Å². The fourth-order valence-corrected chi connectivity index (χ4v) is 3.32. The number of carbonyl (C=O) groups is 3. The molecule has 0 heterocycles. The van der Waals surface area contributed by atoms with E-state index in [1.54, 1.807) is 12.1 Å². The number of carboxylic acid groups (broad SMARTS) is 1. The van der Waals surface area contributed by atoms with E-state index in [-0.39, 0.29) is 29.9 Å². The molecule has 35 heavy (non-hydrogen) atoms. The number of carbonyl (C=O) groups excluding carboxylic acids is 2. The highest BCUT2D eigenvalue weighted by atomic mass is 16.4. The number of aromatic hydroxyl groups is 4. The molecule has 0 aliphatic rings. The minimum atomic E-state index is -1.32. The number of carboxylic acids is 1. The summed E-state index contributed by atoms with van der Waals surface area (Å²) < 4.78 is 0. The molecule has 182 valence electrons. The van der Waals surface area contributed by atoms with Gasteiger partial charge in [-0.1, -0.05) is 24.3 Å². The highest BCUT2D eigenvalue weighted by Crippen LogP contribution is 2.25. The molecule has 2 amide bonds. The average molecular weight is 480 g/mol. The number of phenols is 4. The van der Waals surface area contributed by atoms with Crippen LogP contribution in [0.15, 0.2) is 66.7 Å². The summed E-state index contributed by atoms with van der Waals surface area (Å²) in [5.74, 6) is -3.69. The van der Waals surface area contributed by atoms with E-state index in [4.69, 9.17) is 0 Å². The van der Waals surface area contributed by atoms with Gasteiger partial charge in [0, 0.05) is 18.4 Å². The number of benzene rings is 3. The number of hydrogen-bond donors (Lipinski definition) is 7. The third kappa shape index (κ3) is 6.87. The average Bonchev–Trinajstić information content (AvgIpc) is 2.82. The zero-order chi connectivity index (χ0) is 25.5. The lowest BCUT2D eigenvalue weighted by atomic mass is 10.0. The Labute approximate surface area is 200 Å². The maximum atomic E-state index is 13.1. The van der Waals surface area contributed by atoms with Gasteiger partial charge in [0.05, 0.1) is 0 Å². The van der Waals surface area contributed by atoms with E-state index >= 15 is 0 Å². The summed E-state index contributed by atoms with van der Waals surface area (Å²) in [5.41, 5.74) is 1.12. The van der Waals surface area contributed by atoms with Crippen LogP contribution in [0.3, 0.4) is 0 Å². The number of nitrogens with one attached hydrogen (secondary N) is 2. The molecule has 7 N–H and O–H groups in total. The highest BCUT2D eigenvalue weighted by Gasteiger charge is 2.27. The molecule has 0 radical (unpaired) electrons. The van der Waals surface area contributed by atoms with Gasteiger partial charge < -0.3 is 36.2 Å². The largest absolute Gasteiger partial charge is 0.508 e.